The van der Waals surface area contributed by atoms with Crippen LogP contribution in [0.5, 0.6) is 0 Å². The maximum absolute atomic E-state index is 12.8. The van der Waals surface area contributed by atoms with Gasteiger partial charge in [-0.1, -0.05) is 0 Å². The Morgan fingerprint density at radius 3 is 2.62 bits per heavy atom. The van der Waals surface area contributed by atoms with Gasteiger partial charge in [-0.15, -0.1) is 0 Å². The molecule has 2 aliphatic heterocycles. The van der Waals surface area contributed by atoms with E-state index in [4.69, 9.17) is 15.2 Å². The molecule has 2 heterocycles. The summed E-state index contributed by atoms with van der Waals surface area (Å²) in [7, 11) is -1.49. The smallest absolute Gasteiger partial charge is 0.243 e. The Kier molecular flexibility index (Phi) is 5.24. The van der Waals surface area contributed by atoms with Crippen LogP contribution >= 0.6 is 0 Å². The summed E-state index contributed by atoms with van der Waals surface area (Å²) in [5, 5.41) is 0. The van der Waals surface area contributed by atoms with Gasteiger partial charge in [0.1, 0.15) is 0 Å². The van der Waals surface area contributed by atoms with E-state index < -0.39 is 15.4 Å². The summed E-state index contributed by atoms with van der Waals surface area (Å²) in [5.74, 6) is -0.0191. The first-order chi connectivity index (χ1) is 9.88. The fourth-order valence-electron chi connectivity index (χ4n) is 2.90. The van der Waals surface area contributed by atoms with E-state index in [0.717, 1.165) is 0 Å². The maximum Gasteiger partial charge on any atom is 0.243 e. The molecule has 0 aliphatic carbocycles. The van der Waals surface area contributed by atoms with Crippen LogP contribution < -0.4 is 5.73 Å². The van der Waals surface area contributed by atoms with Crippen molar-refractivity contribution in [3.05, 3.63) is 0 Å². The quantitative estimate of drug-likeness (QED) is 0.709. The van der Waals surface area contributed by atoms with Crippen molar-refractivity contribution in [2.24, 2.45) is 5.73 Å². The number of nitrogens with two attached hydrogens (primary N) is 1. The van der Waals surface area contributed by atoms with Gasteiger partial charge in [-0.25, -0.2) is 8.42 Å². The lowest BCUT2D eigenvalue weighted by Crippen LogP contribution is -2.60. The molecule has 0 bridgehead atoms. The number of methoxy groups -OCH3 is 1. The van der Waals surface area contributed by atoms with Crippen molar-refractivity contribution in [3.63, 3.8) is 0 Å². The Morgan fingerprint density at radius 1 is 1.43 bits per heavy atom. The molecule has 0 aromatic rings. The Labute approximate surface area is 125 Å². The second-order valence-electron chi connectivity index (χ2n) is 5.82. The Bertz CT molecular complexity index is 473. The van der Waals surface area contributed by atoms with E-state index >= 15 is 0 Å². The van der Waals surface area contributed by atoms with Crippen LogP contribution in [0.25, 0.3) is 0 Å². The molecular weight excluding hydrogens is 296 g/mol. The van der Waals surface area contributed by atoms with Gasteiger partial charge in [0.05, 0.1) is 23.7 Å². The number of hydrogen-bond donors (Lipinski definition) is 1. The van der Waals surface area contributed by atoms with Gasteiger partial charge in [-0.2, -0.15) is 0 Å². The largest absolute Gasteiger partial charge is 0.383 e. The van der Waals surface area contributed by atoms with E-state index in [1.165, 1.54) is 0 Å². The van der Waals surface area contributed by atoms with Gasteiger partial charge in [0.15, 0.2) is 9.84 Å². The SMILES string of the molecule is COCCN(C(=O)C1(N)CCOCC1)C1CCS(=O)(=O)C1. The number of hydrogen-bond acceptors (Lipinski definition) is 6. The van der Waals surface area contributed by atoms with Crippen molar-refractivity contribution in [2.45, 2.75) is 30.8 Å². The van der Waals surface area contributed by atoms with E-state index in [1.54, 1.807) is 12.0 Å². The van der Waals surface area contributed by atoms with E-state index in [-0.39, 0.29) is 23.5 Å². The molecule has 2 fully saturated rings. The van der Waals surface area contributed by atoms with Gasteiger partial charge >= 0.3 is 0 Å². The standard InChI is InChI=1S/C13H24N2O5S/c1-19-8-5-15(11-2-9-21(17,18)10-11)12(16)13(14)3-6-20-7-4-13/h11H,2-10,14H2,1H3. The molecule has 21 heavy (non-hydrogen) atoms. The van der Waals surface area contributed by atoms with Crippen LogP contribution in [0, 0.1) is 0 Å². The third-order valence-corrected chi connectivity index (χ3v) is 6.01. The molecule has 0 radical (unpaired) electrons. The van der Waals surface area contributed by atoms with Crippen molar-refractivity contribution in [2.75, 3.05) is 45.0 Å². The highest BCUT2D eigenvalue weighted by atomic mass is 32.2. The van der Waals surface area contributed by atoms with Gasteiger partial charge in [0.2, 0.25) is 5.91 Å². The van der Waals surface area contributed by atoms with Crippen LogP contribution in [-0.4, -0.2) is 75.8 Å². The average Bonchev–Trinajstić information content (AvgIpc) is 2.80. The van der Waals surface area contributed by atoms with E-state index in [0.29, 0.717) is 45.6 Å². The second-order valence-corrected chi connectivity index (χ2v) is 8.05. The highest BCUT2D eigenvalue weighted by Gasteiger charge is 2.43. The van der Waals surface area contributed by atoms with Crippen molar-refractivity contribution >= 4 is 15.7 Å². The minimum atomic E-state index is -3.05. The molecule has 1 atom stereocenters. The summed E-state index contributed by atoms with van der Waals surface area (Å²) >= 11 is 0. The number of sulfone groups is 1. The summed E-state index contributed by atoms with van der Waals surface area (Å²) in [6, 6.07) is -0.291. The monoisotopic (exact) mass is 320 g/mol. The van der Waals surface area contributed by atoms with Crippen LogP contribution in [0.3, 0.4) is 0 Å². The van der Waals surface area contributed by atoms with Crippen molar-refractivity contribution in [3.8, 4) is 0 Å². The predicted octanol–water partition coefficient (Wildman–Crippen LogP) is -0.844. The fourth-order valence-corrected chi connectivity index (χ4v) is 4.63. The molecule has 7 nitrogen and oxygen atoms in total. The number of amides is 1. The molecule has 2 rings (SSSR count). The molecule has 122 valence electrons. The molecule has 8 heteroatoms. The zero-order valence-electron chi connectivity index (χ0n) is 12.4. The maximum atomic E-state index is 12.8. The molecule has 2 aliphatic rings. The Balaban J connectivity index is 2.13. The predicted molar refractivity (Wildman–Crippen MR) is 77.6 cm³/mol. The first-order valence-electron chi connectivity index (χ1n) is 7.25. The third kappa shape index (κ3) is 3.94. The average molecular weight is 320 g/mol. The zero-order chi connectivity index (χ0) is 15.5. The summed E-state index contributed by atoms with van der Waals surface area (Å²) in [4.78, 5) is 14.4. The lowest BCUT2D eigenvalue weighted by Gasteiger charge is -2.39. The van der Waals surface area contributed by atoms with E-state index in [2.05, 4.69) is 0 Å². The minimum absolute atomic E-state index is 0.0229. The lowest BCUT2D eigenvalue weighted by molar-refractivity contribution is -0.143. The second kappa shape index (κ2) is 6.60. The van der Waals surface area contributed by atoms with Gasteiger partial charge in [-0.05, 0) is 19.3 Å². The van der Waals surface area contributed by atoms with E-state index in [9.17, 15) is 13.2 Å². The molecule has 2 saturated heterocycles. The van der Waals surface area contributed by atoms with Gasteiger partial charge in [0, 0.05) is 32.9 Å². The van der Waals surface area contributed by atoms with Crippen LogP contribution in [-0.2, 0) is 24.1 Å². The molecule has 1 amide bonds. The minimum Gasteiger partial charge on any atom is -0.383 e. The first kappa shape index (κ1) is 16.7. The molecular formula is C13H24N2O5S. The molecule has 2 N–H and O–H groups in total. The Hall–Kier alpha value is -0.700. The summed E-state index contributed by atoms with van der Waals surface area (Å²) in [6.07, 6.45) is 1.41. The molecule has 0 aromatic heterocycles. The topological polar surface area (TPSA) is 98.9 Å². The number of carbonyl (C=O) groups excluding carboxylic acids is 1. The van der Waals surface area contributed by atoms with Crippen LogP contribution in [0.2, 0.25) is 0 Å². The number of rotatable bonds is 5. The molecule has 0 spiro atoms. The van der Waals surface area contributed by atoms with Gasteiger partial charge in [-0.3, -0.25) is 4.79 Å². The molecule has 0 saturated carbocycles. The van der Waals surface area contributed by atoms with Crippen molar-refractivity contribution in [1.82, 2.24) is 4.90 Å². The first-order valence-corrected chi connectivity index (χ1v) is 9.07. The lowest BCUT2D eigenvalue weighted by atomic mass is 9.89. The fraction of sp³-hybridized carbons (Fsp3) is 0.923. The van der Waals surface area contributed by atoms with Crippen LogP contribution in [0.4, 0.5) is 0 Å². The highest BCUT2D eigenvalue weighted by Crippen LogP contribution is 2.25. The normalized spacial score (nSPS) is 27.4. The van der Waals surface area contributed by atoms with Gasteiger partial charge in [0.25, 0.3) is 0 Å². The molecule has 0 aromatic carbocycles. The zero-order valence-corrected chi connectivity index (χ0v) is 13.2. The summed E-state index contributed by atoms with van der Waals surface area (Å²) in [5.41, 5.74) is 5.30. The highest BCUT2D eigenvalue weighted by molar-refractivity contribution is 7.91. The van der Waals surface area contributed by atoms with Crippen molar-refractivity contribution < 1.29 is 22.7 Å². The summed E-state index contributed by atoms with van der Waals surface area (Å²) in [6.45, 7) is 1.66. The van der Waals surface area contributed by atoms with Crippen LogP contribution in [0.15, 0.2) is 0 Å². The number of nitrogens with zero attached hydrogens (tertiary/aromatic N) is 1. The van der Waals surface area contributed by atoms with E-state index in [1.807, 2.05) is 0 Å². The van der Waals surface area contributed by atoms with Crippen molar-refractivity contribution in [1.29, 1.82) is 0 Å². The van der Waals surface area contributed by atoms with Crippen LogP contribution in [0.1, 0.15) is 19.3 Å². The molecule has 1 unspecified atom stereocenters. The summed E-state index contributed by atoms with van der Waals surface area (Å²) < 4.78 is 33.7. The Morgan fingerprint density at radius 2 is 2.10 bits per heavy atom. The van der Waals surface area contributed by atoms with Gasteiger partial charge < -0.3 is 20.1 Å². The third-order valence-electron chi connectivity index (χ3n) is 4.26. The number of carbonyl (C=O) groups is 1. The number of ether oxygens (including phenoxy) is 2.